The van der Waals surface area contributed by atoms with E-state index in [1.165, 1.54) is 12.0 Å². The first-order valence-electron chi connectivity index (χ1n) is 11.9. The van der Waals surface area contributed by atoms with Crippen molar-refractivity contribution in [2.75, 3.05) is 31.9 Å². The van der Waals surface area contributed by atoms with E-state index in [1.54, 1.807) is 6.20 Å². The molecule has 0 bridgehead atoms. The number of anilines is 1. The monoisotopic (exact) mass is 462 g/mol. The van der Waals surface area contributed by atoms with E-state index in [1.807, 2.05) is 41.3 Å². The smallest absolute Gasteiger partial charge is 0.251 e. The van der Waals surface area contributed by atoms with Crippen LogP contribution in [0.3, 0.4) is 0 Å². The van der Waals surface area contributed by atoms with E-state index >= 15 is 0 Å². The molecule has 2 aromatic heterocycles. The van der Waals surface area contributed by atoms with Crippen LogP contribution in [0.15, 0.2) is 53.4 Å². The number of benzene rings is 1. The minimum Gasteiger partial charge on any atom is -0.489 e. The van der Waals surface area contributed by atoms with Gasteiger partial charge in [-0.25, -0.2) is 4.98 Å². The minimum atomic E-state index is 0.0581. The molecule has 2 fully saturated rings. The number of carbonyl (C=O) groups excluding carboxylic acids is 1. The molecule has 9 nitrogen and oxygen atoms in total. The predicted molar refractivity (Wildman–Crippen MR) is 127 cm³/mol. The number of hydrogen-bond donors (Lipinski definition) is 1. The Bertz CT molecular complexity index is 1090. The van der Waals surface area contributed by atoms with Crippen LogP contribution in [0.2, 0.25) is 0 Å². The largest absolute Gasteiger partial charge is 0.489 e. The second-order valence-corrected chi connectivity index (χ2v) is 9.02. The van der Waals surface area contributed by atoms with Crippen molar-refractivity contribution in [3.63, 3.8) is 0 Å². The Morgan fingerprint density at radius 1 is 1.09 bits per heavy atom. The summed E-state index contributed by atoms with van der Waals surface area (Å²) in [5.74, 6) is 2.13. The molecule has 4 heterocycles. The summed E-state index contributed by atoms with van der Waals surface area (Å²) in [5, 5.41) is 7.76. The van der Waals surface area contributed by atoms with Crippen LogP contribution >= 0.6 is 0 Å². The first kappa shape index (κ1) is 22.3. The normalized spacial score (nSPS) is 18.2. The van der Waals surface area contributed by atoms with E-state index in [2.05, 4.69) is 20.1 Å². The molecule has 0 radical (unpaired) electrons. The third-order valence-electron chi connectivity index (χ3n) is 6.71. The molecule has 178 valence electrons. The van der Waals surface area contributed by atoms with Crippen molar-refractivity contribution >= 4 is 11.7 Å². The number of amides is 1. The van der Waals surface area contributed by atoms with Crippen LogP contribution in [0.1, 0.15) is 31.2 Å². The molecule has 0 atom stereocenters. The third-order valence-corrected chi connectivity index (χ3v) is 6.71. The van der Waals surface area contributed by atoms with Gasteiger partial charge in [-0.2, -0.15) is 0 Å². The van der Waals surface area contributed by atoms with Gasteiger partial charge in [0.1, 0.15) is 17.7 Å². The quantitative estimate of drug-likeness (QED) is 0.595. The number of pyridine rings is 1. The van der Waals surface area contributed by atoms with Crippen LogP contribution in [0.4, 0.5) is 5.82 Å². The van der Waals surface area contributed by atoms with E-state index in [9.17, 15) is 4.79 Å². The van der Waals surface area contributed by atoms with E-state index in [0.29, 0.717) is 11.7 Å². The molecule has 2 aliphatic rings. The van der Waals surface area contributed by atoms with Crippen LogP contribution in [0.5, 0.6) is 5.75 Å². The molecular weight excluding hydrogens is 432 g/mol. The number of piperidine rings is 2. The number of hydrogen-bond acceptors (Lipinski definition) is 8. The Balaban J connectivity index is 1.10. The second kappa shape index (κ2) is 10.2. The zero-order valence-corrected chi connectivity index (χ0v) is 19.2. The Morgan fingerprint density at radius 3 is 2.62 bits per heavy atom. The van der Waals surface area contributed by atoms with Crippen molar-refractivity contribution in [3.05, 3.63) is 54.6 Å². The van der Waals surface area contributed by atoms with Crippen molar-refractivity contribution < 1.29 is 13.9 Å². The molecule has 3 aromatic rings. The summed E-state index contributed by atoms with van der Waals surface area (Å²) in [4.78, 5) is 21.6. The van der Waals surface area contributed by atoms with Crippen LogP contribution in [0, 0.1) is 5.92 Å². The maximum atomic E-state index is 13.2. The highest BCUT2D eigenvalue weighted by molar-refractivity contribution is 5.79. The molecule has 2 aliphatic heterocycles. The number of nitrogens with zero attached hydrogens (tertiary/aromatic N) is 5. The summed E-state index contributed by atoms with van der Waals surface area (Å²) in [5.41, 5.74) is 7.75. The molecule has 0 spiro atoms. The number of para-hydroxylation sites is 1. The van der Waals surface area contributed by atoms with Crippen molar-refractivity contribution in [2.24, 2.45) is 5.92 Å². The van der Waals surface area contributed by atoms with Crippen molar-refractivity contribution in [2.45, 2.75) is 38.3 Å². The fourth-order valence-electron chi connectivity index (χ4n) is 4.86. The number of ether oxygens (including phenoxy) is 1. The number of nitrogens with two attached hydrogens (primary N) is 1. The van der Waals surface area contributed by atoms with Crippen LogP contribution in [-0.2, 0) is 11.3 Å². The highest BCUT2D eigenvalue weighted by atomic mass is 16.5. The van der Waals surface area contributed by atoms with Gasteiger partial charge >= 0.3 is 0 Å². The molecule has 0 saturated carbocycles. The van der Waals surface area contributed by atoms with Gasteiger partial charge in [0, 0.05) is 44.6 Å². The van der Waals surface area contributed by atoms with Gasteiger partial charge < -0.3 is 19.8 Å². The van der Waals surface area contributed by atoms with Crippen LogP contribution in [-0.4, -0.2) is 63.2 Å². The zero-order chi connectivity index (χ0) is 23.3. The summed E-state index contributed by atoms with van der Waals surface area (Å²) in [7, 11) is 0. The van der Waals surface area contributed by atoms with Crippen molar-refractivity contribution in [3.8, 4) is 17.2 Å². The molecule has 2 saturated heterocycles. The molecule has 9 heteroatoms. The molecule has 5 rings (SSSR count). The van der Waals surface area contributed by atoms with Gasteiger partial charge in [0.05, 0.1) is 5.56 Å². The summed E-state index contributed by atoms with van der Waals surface area (Å²) in [6.07, 6.45) is 6.54. The number of likely N-dealkylation sites (tertiary alicyclic amines) is 2. The molecule has 0 aliphatic carbocycles. The molecule has 1 amide bonds. The fourth-order valence-corrected chi connectivity index (χ4v) is 4.86. The topological polar surface area (TPSA) is 111 Å². The molecule has 34 heavy (non-hydrogen) atoms. The zero-order valence-electron chi connectivity index (χ0n) is 19.2. The van der Waals surface area contributed by atoms with Gasteiger partial charge in [-0.1, -0.05) is 12.1 Å². The highest BCUT2D eigenvalue weighted by Crippen LogP contribution is 2.31. The highest BCUT2D eigenvalue weighted by Gasteiger charge is 2.31. The van der Waals surface area contributed by atoms with E-state index < -0.39 is 0 Å². The van der Waals surface area contributed by atoms with Gasteiger partial charge in [-0.15, -0.1) is 10.2 Å². The average molecular weight is 463 g/mol. The third kappa shape index (κ3) is 5.20. The van der Waals surface area contributed by atoms with Crippen LogP contribution < -0.4 is 10.5 Å². The molecule has 2 N–H and O–H groups in total. The molecular formula is C25H30N6O3. The minimum absolute atomic E-state index is 0.0581. The second-order valence-electron chi connectivity index (χ2n) is 9.02. The number of rotatable bonds is 6. The van der Waals surface area contributed by atoms with Gasteiger partial charge in [0.15, 0.2) is 0 Å². The Hall–Kier alpha value is -3.46. The standard InChI is InChI=1S/C25H30N6O3/c26-23-15-18(5-10-27-23)16-30-11-6-19(7-12-30)25(32)31-13-8-20(9-14-31)34-22-4-2-1-3-21(22)24-29-28-17-33-24/h1-5,10,15,17,19-20H,6-9,11-14,16H2,(H2,26,27). The summed E-state index contributed by atoms with van der Waals surface area (Å²) in [6, 6.07) is 11.6. The Labute approximate surface area is 198 Å². The van der Waals surface area contributed by atoms with Crippen LogP contribution in [0.25, 0.3) is 11.5 Å². The number of nitrogen functional groups attached to an aromatic ring is 1. The Kier molecular flexibility index (Phi) is 6.71. The van der Waals surface area contributed by atoms with Gasteiger partial charge in [0.25, 0.3) is 5.89 Å². The summed E-state index contributed by atoms with van der Waals surface area (Å²) >= 11 is 0. The lowest BCUT2D eigenvalue weighted by Crippen LogP contribution is -2.46. The first-order valence-corrected chi connectivity index (χ1v) is 11.9. The lowest BCUT2D eigenvalue weighted by molar-refractivity contribution is -0.139. The summed E-state index contributed by atoms with van der Waals surface area (Å²) in [6.45, 7) is 4.14. The van der Waals surface area contributed by atoms with Crippen molar-refractivity contribution in [1.29, 1.82) is 0 Å². The average Bonchev–Trinajstić information content (AvgIpc) is 3.40. The lowest BCUT2D eigenvalue weighted by atomic mass is 9.94. The van der Waals surface area contributed by atoms with E-state index in [4.69, 9.17) is 14.9 Å². The molecule has 0 unspecified atom stereocenters. The van der Waals surface area contributed by atoms with Gasteiger partial charge in [-0.3, -0.25) is 9.69 Å². The predicted octanol–water partition coefficient (Wildman–Crippen LogP) is 3.00. The Morgan fingerprint density at radius 2 is 1.88 bits per heavy atom. The van der Waals surface area contributed by atoms with E-state index in [-0.39, 0.29) is 17.9 Å². The maximum Gasteiger partial charge on any atom is 0.251 e. The van der Waals surface area contributed by atoms with Gasteiger partial charge in [-0.05, 0) is 55.8 Å². The first-order chi connectivity index (χ1) is 16.7. The fraction of sp³-hybridized carbons (Fsp3) is 0.440. The lowest BCUT2D eigenvalue weighted by Gasteiger charge is -2.37. The SMILES string of the molecule is Nc1cc(CN2CCC(C(=O)N3CCC(Oc4ccccc4-c4nnco4)CC3)CC2)ccn1. The van der Waals surface area contributed by atoms with Crippen molar-refractivity contribution in [1.82, 2.24) is 25.0 Å². The number of aromatic nitrogens is 3. The maximum absolute atomic E-state index is 13.2. The summed E-state index contributed by atoms with van der Waals surface area (Å²) < 4.78 is 11.6. The van der Waals surface area contributed by atoms with E-state index in [0.717, 1.165) is 69.7 Å². The number of carbonyl (C=O) groups is 1. The molecule has 1 aromatic carbocycles. The van der Waals surface area contributed by atoms with Gasteiger partial charge in [0.2, 0.25) is 12.3 Å².